The van der Waals surface area contributed by atoms with Crippen LogP contribution >= 0.6 is 0 Å². The molecule has 3 N–H and O–H groups in total. The molecule has 60 heavy (non-hydrogen) atoms. The summed E-state index contributed by atoms with van der Waals surface area (Å²) in [4.78, 5) is 52.0. The number of benzene rings is 4. The van der Waals surface area contributed by atoms with Gasteiger partial charge in [0.15, 0.2) is 0 Å². The molecular weight excluding hydrogens is 761 g/mol. The molecule has 4 aromatic rings. The van der Waals surface area contributed by atoms with Crippen LogP contribution < -0.4 is 15.4 Å². The summed E-state index contributed by atoms with van der Waals surface area (Å²) in [5.74, 6) is 1.15. The van der Waals surface area contributed by atoms with E-state index in [0.717, 1.165) is 76.3 Å². The number of hydrogen-bond donors (Lipinski definition) is 3. The van der Waals surface area contributed by atoms with Crippen LogP contribution in [0.4, 0.5) is 0 Å². The zero-order chi connectivity index (χ0) is 42.9. The molecule has 2 amide bonds. The van der Waals surface area contributed by atoms with E-state index in [1.54, 1.807) is 18.2 Å². The van der Waals surface area contributed by atoms with Gasteiger partial charge in [0.1, 0.15) is 23.6 Å². The van der Waals surface area contributed by atoms with Gasteiger partial charge < -0.3 is 30.0 Å². The van der Waals surface area contributed by atoms with Crippen molar-refractivity contribution in [1.29, 1.82) is 0 Å². The molecule has 1 fully saturated rings. The average molecular weight is 819 g/mol. The van der Waals surface area contributed by atoms with Crippen LogP contribution in [0.2, 0.25) is 0 Å². The van der Waals surface area contributed by atoms with E-state index in [0.29, 0.717) is 25.6 Å². The number of hydrogen-bond acceptors (Lipinski definition) is 10. The molecule has 0 bridgehead atoms. The number of phenolic OH excluding ortho intramolecular Hbond substituents is 1. The second kappa shape index (κ2) is 20.0. The number of ether oxygens (including phenoxy) is 3. The van der Waals surface area contributed by atoms with Gasteiger partial charge in [-0.1, -0.05) is 60.7 Å². The van der Waals surface area contributed by atoms with Gasteiger partial charge in [-0.15, -0.1) is 0 Å². The first-order valence-corrected chi connectivity index (χ1v) is 20.8. The van der Waals surface area contributed by atoms with E-state index in [1.165, 1.54) is 40.9 Å². The van der Waals surface area contributed by atoms with E-state index in [4.69, 9.17) is 14.2 Å². The minimum absolute atomic E-state index is 0.0393. The van der Waals surface area contributed by atoms with E-state index in [9.17, 15) is 24.3 Å². The highest BCUT2D eigenvalue weighted by Gasteiger charge is 2.35. The van der Waals surface area contributed by atoms with Crippen LogP contribution in [-0.4, -0.2) is 72.6 Å². The van der Waals surface area contributed by atoms with Crippen LogP contribution in [0.3, 0.4) is 0 Å². The largest absolute Gasteiger partial charge is 0.508 e. The maximum atomic E-state index is 12.7. The first-order valence-electron chi connectivity index (χ1n) is 20.8. The van der Waals surface area contributed by atoms with Gasteiger partial charge in [0, 0.05) is 40.0 Å². The normalized spacial score (nSPS) is 18.3. The Labute approximate surface area is 353 Å². The molecule has 3 aliphatic rings. The fraction of sp³-hybridized carbons (Fsp3) is 0.417. The number of esters is 2. The standard InChI is InChI=1S/C26H32N2O4.C22H26N2O4/c1-17(27-18(2)29)21-8-6-19(7-9-21)15-28-13-12-22-14-23(32-16-20-4-5-20)10-11-24(22)25(28)26(30)31-3;1-14(23-15(2)25)17-6-4-16(5-7-17)13-24-11-10-18-12-19(26)8-9-20(18)21(24)22(27)28-3/h6-11,14,17,20,25H,4-5,12-13,15-16H2,1-3H3,(H,27,29);4-9,12,14,21,26H,10-11,13H2,1-3H3,(H,23,25)/t17-,25?;14-,21?/m00/s1. The summed E-state index contributed by atoms with van der Waals surface area (Å²) in [6.07, 6.45) is 4.14. The molecule has 0 aromatic heterocycles. The fourth-order valence-corrected chi connectivity index (χ4v) is 8.09. The van der Waals surface area contributed by atoms with E-state index in [2.05, 4.69) is 38.6 Å². The lowest BCUT2D eigenvalue weighted by atomic mass is 9.91. The number of methoxy groups -OCH3 is 2. The highest BCUT2D eigenvalue weighted by atomic mass is 16.5. The van der Waals surface area contributed by atoms with Crippen molar-refractivity contribution in [3.8, 4) is 11.5 Å². The molecule has 4 atom stereocenters. The van der Waals surface area contributed by atoms with Gasteiger partial charge in [-0.25, -0.2) is 9.59 Å². The lowest BCUT2D eigenvalue weighted by molar-refractivity contribution is -0.148. The third kappa shape index (κ3) is 11.3. The number of nitrogens with one attached hydrogen (secondary N) is 2. The van der Waals surface area contributed by atoms with E-state index in [-0.39, 0.29) is 41.6 Å². The Bertz CT molecular complexity index is 2140. The summed E-state index contributed by atoms with van der Waals surface area (Å²) in [5, 5.41) is 15.5. The molecule has 2 heterocycles. The molecule has 12 nitrogen and oxygen atoms in total. The summed E-state index contributed by atoms with van der Waals surface area (Å²) < 4.78 is 16.2. The van der Waals surface area contributed by atoms with Crippen molar-refractivity contribution in [3.05, 3.63) is 129 Å². The molecule has 7 rings (SSSR count). The van der Waals surface area contributed by atoms with Gasteiger partial charge in [-0.2, -0.15) is 0 Å². The Hall–Kier alpha value is -5.72. The lowest BCUT2D eigenvalue weighted by Gasteiger charge is -2.35. The van der Waals surface area contributed by atoms with Crippen LogP contribution in [0.15, 0.2) is 84.9 Å². The molecule has 0 spiro atoms. The summed E-state index contributed by atoms with van der Waals surface area (Å²) >= 11 is 0. The Balaban J connectivity index is 0.000000203. The van der Waals surface area contributed by atoms with Crippen molar-refractivity contribution in [2.24, 2.45) is 5.92 Å². The zero-order valence-corrected chi connectivity index (χ0v) is 35.5. The van der Waals surface area contributed by atoms with Crippen LogP contribution in [-0.2, 0) is 54.6 Å². The maximum absolute atomic E-state index is 12.7. The Morgan fingerprint density at radius 2 is 1.12 bits per heavy atom. The van der Waals surface area contributed by atoms with Gasteiger partial charge >= 0.3 is 11.9 Å². The molecule has 0 radical (unpaired) electrons. The van der Waals surface area contributed by atoms with E-state index >= 15 is 0 Å². The topological polar surface area (TPSA) is 147 Å². The summed E-state index contributed by atoms with van der Waals surface area (Å²) in [6, 6.07) is 26.4. The quantitative estimate of drug-likeness (QED) is 0.123. The third-order valence-corrected chi connectivity index (χ3v) is 11.5. The van der Waals surface area contributed by atoms with Crippen molar-refractivity contribution >= 4 is 23.8 Å². The Morgan fingerprint density at radius 1 is 0.667 bits per heavy atom. The molecule has 1 aliphatic carbocycles. The second-order valence-corrected chi connectivity index (χ2v) is 16.1. The SMILES string of the molecule is COC(=O)C1c2ccc(O)cc2CCN1Cc1ccc([C@H](C)NC(C)=O)cc1.COC(=O)C1c2ccc(OCC3CC3)cc2CCN1Cc1ccc([C@H](C)NC(C)=O)cc1. The van der Waals surface area contributed by atoms with Gasteiger partial charge in [-0.3, -0.25) is 19.4 Å². The summed E-state index contributed by atoms with van der Waals surface area (Å²) in [6.45, 7) is 10.4. The number of aromatic hydroxyl groups is 1. The molecule has 2 unspecified atom stereocenters. The molecular formula is C48H58N4O8. The predicted octanol–water partition coefficient (Wildman–Crippen LogP) is 6.81. The first-order chi connectivity index (χ1) is 28.8. The number of rotatable bonds is 13. The highest BCUT2D eigenvalue weighted by Crippen LogP contribution is 2.36. The Kier molecular flexibility index (Phi) is 14.6. The third-order valence-electron chi connectivity index (χ3n) is 11.5. The summed E-state index contributed by atoms with van der Waals surface area (Å²) in [5.41, 5.74) is 8.29. The highest BCUT2D eigenvalue weighted by molar-refractivity contribution is 5.79. The van der Waals surface area contributed by atoms with E-state index in [1.807, 2.05) is 62.4 Å². The van der Waals surface area contributed by atoms with Crippen LogP contribution in [0.1, 0.15) is 109 Å². The van der Waals surface area contributed by atoms with Gasteiger partial charge in [0.05, 0.1) is 32.9 Å². The van der Waals surface area contributed by atoms with Crippen LogP contribution in [0.5, 0.6) is 11.5 Å². The monoisotopic (exact) mass is 818 g/mol. The van der Waals surface area contributed by atoms with Gasteiger partial charge in [-0.05, 0) is 114 Å². The first kappa shape index (κ1) is 43.8. The molecule has 12 heteroatoms. The number of phenols is 1. The molecule has 0 saturated heterocycles. The van der Waals surface area contributed by atoms with Crippen molar-refractivity contribution in [1.82, 2.24) is 20.4 Å². The lowest BCUT2D eigenvalue weighted by Crippen LogP contribution is -2.39. The zero-order valence-electron chi connectivity index (χ0n) is 35.5. The number of amides is 2. The van der Waals surface area contributed by atoms with Crippen molar-refractivity contribution < 1.29 is 38.5 Å². The van der Waals surface area contributed by atoms with Crippen LogP contribution in [0.25, 0.3) is 0 Å². The average Bonchev–Trinajstić information content (AvgIpc) is 4.07. The second-order valence-electron chi connectivity index (χ2n) is 16.1. The van der Waals surface area contributed by atoms with Crippen LogP contribution in [0, 0.1) is 5.92 Å². The van der Waals surface area contributed by atoms with Gasteiger partial charge in [0.25, 0.3) is 0 Å². The summed E-state index contributed by atoms with van der Waals surface area (Å²) in [7, 11) is 2.84. The number of carbonyl (C=O) groups is 4. The number of nitrogens with zero attached hydrogens (tertiary/aromatic N) is 2. The van der Waals surface area contributed by atoms with Crippen molar-refractivity contribution in [3.63, 3.8) is 0 Å². The van der Waals surface area contributed by atoms with E-state index < -0.39 is 12.1 Å². The molecule has 1 saturated carbocycles. The smallest absolute Gasteiger partial charge is 0.327 e. The molecule has 318 valence electrons. The molecule has 2 aliphatic heterocycles. The Morgan fingerprint density at radius 3 is 1.55 bits per heavy atom. The minimum Gasteiger partial charge on any atom is -0.508 e. The fourth-order valence-electron chi connectivity index (χ4n) is 8.09. The minimum atomic E-state index is -0.493. The molecule has 4 aromatic carbocycles. The van der Waals surface area contributed by atoms with Crippen molar-refractivity contribution in [2.45, 2.75) is 90.6 Å². The number of fused-ring (bicyclic) bond motifs is 2. The van der Waals surface area contributed by atoms with Crippen molar-refractivity contribution in [2.75, 3.05) is 33.9 Å². The predicted molar refractivity (Wildman–Crippen MR) is 228 cm³/mol. The maximum Gasteiger partial charge on any atom is 0.327 e. The number of carbonyl (C=O) groups excluding carboxylic acids is 4. The van der Waals surface area contributed by atoms with Gasteiger partial charge in [0.2, 0.25) is 11.8 Å².